The summed E-state index contributed by atoms with van der Waals surface area (Å²) in [6.07, 6.45) is 3.68. The number of carbonyl (C=O) groups is 1. The van der Waals surface area contributed by atoms with Crippen molar-refractivity contribution in [3.8, 4) is 17.3 Å². The zero-order valence-electron chi connectivity index (χ0n) is 20.6. The van der Waals surface area contributed by atoms with E-state index in [2.05, 4.69) is 36.7 Å². The monoisotopic (exact) mass is 515 g/mol. The number of ether oxygens (including phenoxy) is 1. The van der Waals surface area contributed by atoms with Crippen molar-refractivity contribution in [2.75, 3.05) is 18.0 Å². The van der Waals surface area contributed by atoms with Crippen LogP contribution in [0.1, 0.15) is 64.3 Å². The van der Waals surface area contributed by atoms with Crippen LogP contribution in [-0.2, 0) is 4.74 Å². The number of anilines is 1. The number of rotatable bonds is 3. The normalized spacial score (nSPS) is 21.7. The highest BCUT2D eigenvalue weighted by Crippen LogP contribution is 2.61. The van der Waals surface area contributed by atoms with Crippen LogP contribution < -0.4 is 10.6 Å². The highest BCUT2D eigenvalue weighted by Gasteiger charge is 2.63. The number of hydrogen-bond acceptors (Lipinski definition) is 6. The summed E-state index contributed by atoms with van der Waals surface area (Å²) in [5.41, 5.74) is 6.63. The summed E-state index contributed by atoms with van der Waals surface area (Å²) < 4.78 is 5.96. The zero-order chi connectivity index (χ0) is 25.6. The van der Waals surface area contributed by atoms with E-state index in [0.717, 1.165) is 32.1 Å². The number of nitrogens with zero attached hydrogens (tertiary/aromatic N) is 4. The molecule has 0 bridgehead atoms. The van der Waals surface area contributed by atoms with Crippen LogP contribution in [0.5, 0.6) is 0 Å². The largest absolute Gasteiger partial charge is 0.442 e. The number of amides is 1. The molecule has 9 heteroatoms. The number of nitriles is 1. The summed E-state index contributed by atoms with van der Waals surface area (Å²) in [6, 6.07) is 7.54. The SMILES string of the molecule is Cc1nc(N2CCC3(CCC[C@@]3(OC(N)=O)C(C)(C)C)CC2)c(C#N)nc1-c1cccc(Cl)c1Cl. The van der Waals surface area contributed by atoms with Gasteiger partial charge in [0.25, 0.3) is 0 Å². The van der Waals surface area contributed by atoms with Crippen LogP contribution >= 0.6 is 23.2 Å². The predicted molar refractivity (Wildman–Crippen MR) is 138 cm³/mol. The molecule has 1 saturated heterocycles. The number of aryl methyl sites for hydroxylation is 1. The second kappa shape index (κ2) is 9.15. The molecule has 2 aromatic rings. The minimum atomic E-state index is -0.716. The number of hydrogen-bond donors (Lipinski definition) is 1. The van der Waals surface area contributed by atoms with E-state index >= 15 is 0 Å². The van der Waals surface area contributed by atoms with Gasteiger partial charge in [-0.3, -0.25) is 0 Å². The Hall–Kier alpha value is -2.56. The summed E-state index contributed by atoms with van der Waals surface area (Å²) in [5.74, 6) is 0.567. The molecule has 1 aliphatic heterocycles. The van der Waals surface area contributed by atoms with E-state index in [-0.39, 0.29) is 16.5 Å². The van der Waals surface area contributed by atoms with E-state index in [9.17, 15) is 10.1 Å². The Labute approximate surface area is 216 Å². The molecule has 1 aromatic heterocycles. The third kappa shape index (κ3) is 4.21. The third-order valence-electron chi connectivity index (χ3n) is 7.91. The molecule has 1 aromatic carbocycles. The first-order valence-corrected chi connectivity index (χ1v) is 12.7. The van der Waals surface area contributed by atoms with Crippen LogP contribution in [0.2, 0.25) is 10.0 Å². The average Bonchev–Trinajstić information content (AvgIpc) is 3.14. The number of nitrogens with two attached hydrogens (primary N) is 1. The maximum Gasteiger partial charge on any atom is 0.405 e. The lowest BCUT2D eigenvalue weighted by atomic mass is 9.58. The lowest BCUT2D eigenvalue weighted by Gasteiger charge is -2.55. The van der Waals surface area contributed by atoms with E-state index in [1.807, 2.05) is 13.0 Å². The smallest absolute Gasteiger partial charge is 0.405 e. The molecule has 2 fully saturated rings. The molecule has 1 amide bonds. The fourth-order valence-electron chi connectivity index (χ4n) is 6.34. The number of carbonyl (C=O) groups excluding carboxylic acids is 1. The van der Waals surface area contributed by atoms with Gasteiger partial charge >= 0.3 is 6.09 Å². The Bertz CT molecular complexity index is 1200. The minimum absolute atomic E-state index is 0.166. The standard InChI is InChI=1S/C26H31Cl2N5O2/c1-16-21(17-7-5-8-18(27)20(17)28)32-19(15-29)22(31-16)33-13-11-25(12-14-33)9-6-10-26(25,24(2,3)4)35-23(30)34/h5,7-8H,6,9-14H2,1-4H3,(H2,30,34)/t26-/m1/s1. The van der Waals surface area contributed by atoms with Crippen LogP contribution in [0.25, 0.3) is 11.3 Å². The molecule has 2 aliphatic rings. The highest BCUT2D eigenvalue weighted by atomic mass is 35.5. The van der Waals surface area contributed by atoms with Crippen LogP contribution in [-0.4, -0.2) is 34.8 Å². The Morgan fingerprint density at radius 1 is 1.17 bits per heavy atom. The Morgan fingerprint density at radius 2 is 1.86 bits per heavy atom. The molecule has 2 heterocycles. The molecule has 1 atom stereocenters. The van der Waals surface area contributed by atoms with Crippen molar-refractivity contribution in [3.05, 3.63) is 39.6 Å². The van der Waals surface area contributed by atoms with Crippen LogP contribution in [0.4, 0.5) is 10.6 Å². The molecule has 1 saturated carbocycles. The number of primary amides is 1. The first kappa shape index (κ1) is 25.5. The van der Waals surface area contributed by atoms with Crippen molar-refractivity contribution >= 4 is 35.1 Å². The molecule has 186 valence electrons. The summed E-state index contributed by atoms with van der Waals surface area (Å²) in [7, 11) is 0. The summed E-state index contributed by atoms with van der Waals surface area (Å²) >= 11 is 12.6. The zero-order valence-corrected chi connectivity index (χ0v) is 22.1. The number of halogens is 2. The fraction of sp³-hybridized carbons (Fsp3) is 0.538. The molecule has 1 spiro atoms. The predicted octanol–water partition coefficient (Wildman–Crippen LogP) is 6.28. The van der Waals surface area contributed by atoms with E-state index in [4.69, 9.17) is 38.7 Å². The van der Waals surface area contributed by atoms with Gasteiger partial charge in [0.05, 0.1) is 21.4 Å². The lowest BCUT2D eigenvalue weighted by Crippen LogP contribution is -2.60. The fourth-order valence-corrected chi connectivity index (χ4v) is 6.73. The van der Waals surface area contributed by atoms with Crippen molar-refractivity contribution in [1.82, 2.24) is 9.97 Å². The van der Waals surface area contributed by atoms with Crippen molar-refractivity contribution in [2.24, 2.45) is 16.6 Å². The maximum atomic E-state index is 12.0. The van der Waals surface area contributed by atoms with Gasteiger partial charge < -0.3 is 15.4 Å². The van der Waals surface area contributed by atoms with Gasteiger partial charge in [0.15, 0.2) is 11.5 Å². The molecular formula is C26H31Cl2N5O2. The number of benzene rings is 1. The number of piperidine rings is 1. The van der Waals surface area contributed by atoms with Gasteiger partial charge in [-0.15, -0.1) is 0 Å². The van der Waals surface area contributed by atoms with Crippen molar-refractivity contribution in [3.63, 3.8) is 0 Å². The van der Waals surface area contributed by atoms with E-state index in [1.165, 1.54) is 0 Å². The second-order valence-corrected chi connectivity index (χ2v) is 11.4. The van der Waals surface area contributed by atoms with Gasteiger partial charge in [-0.1, -0.05) is 56.1 Å². The van der Waals surface area contributed by atoms with E-state index < -0.39 is 11.7 Å². The van der Waals surface area contributed by atoms with E-state index in [0.29, 0.717) is 45.9 Å². The van der Waals surface area contributed by atoms with Gasteiger partial charge in [0, 0.05) is 29.5 Å². The Balaban J connectivity index is 1.66. The van der Waals surface area contributed by atoms with E-state index in [1.54, 1.807) is 12.1 Å². The molecule has 1 aliphatic carbocycles. The molecule has 2 N–H and O–H groups in total. The topological polar surface area (TPSA) is 105 Å². The van der Waals surface area contributed by atoms with Crippen molar-refractivity contribution in [2.45, 2.75) is 65.4 Å². The maximum absolute atomic E-state index is 12.0. The third-order valence-corrected chi connectivity index (χ3v) is 8.73. The number of aromatic nitrogens is 2. The molecule has 35 heavy (non-hydrogen) atoms. The summed E-state index contributed by atoms with van der Waals surface area (Å²) in [6.45, 7) is 9.59. The molecule has 4 rings (SSSR count). The average molecular weight is 516 g/mol. The molecule has 0 unspecified atom stereocenters. The van der Waals surface area contributed by atoms with Crippen LogP contribution in [0.3, 0.4) is 0 Å². The van der Waals surface area contributed by atoms with Crippen LogP contribution in [0, 0.1) is 29.1 Å². The highest BCUT2D eigenvalue weighted by molar-refractivity contribution is 6.43. The van der Waals surface area contributed by atoms with Gasteiger partial charge in [-0.05, 0) is 45.1 Å². The first-order chi connectivity index (χ1) is 16.4. The molecule has 7 nitrogen and oxygen atoms in total. The van der Waals surface area contributed by atoms with Gasteiger partial charge in [0.1, 0.15) is 11.7 Å². The summed E-state index contributed by atoms with van der Waals surface area (Å²) in [5, 5.41) is 10.7. The lowest BCUT2D eigenvalue weighted by molar-refractivity contribution is -0.146. The van der Waals surface area contributed by atoms with Crippen molar-refractivity contribution < 1.29 is 9.53 Å². The Morgan fingerprint density at radius 3 is 2.46 bits per heavy atom. The van der Waals surface area contributed by atoms with Gasteiger partial charge in [0.2, 0.25) is 0 Å². The van der Waals surface area contributed by atoms with Crippen molar-refractivity contribution in [1.29, 1.82) is 5.26 Å². The summed E-state index contributed by atoms with van der Waals surface area (Å²) in [4.78, 5) is 23.5. The molecule has 0 radical (unpaired) electrons. The quantitative estimate of drug-likeness (QED) is 0.515. The Kier molecular flexibility index (Phi) is 6.67. The molecular weight excluding hydrogens is 485 g/mol. The second-order valence-electron chi connectivity index (χ2n) is 10.7. The van der Waals surface area contributed by atoms with Crippen LogP contribution in [0.15, 0.2) is 18.2 Å². The van der Waals surface area contributed by atoms with Gasteiger partial charge in [-0.2, -0.15) is 5.26 Å². The first-order valence-electron chi connectivity index (χ1n) is 11.9. The minimum Gasteiger partial charge on any atom is -0.442 e. The van der Waals surface area contributed by atoms with Gasteiger partial charge in [-0.25, -0.2) is 14.8 Å².